The first-order valence-corrected chi connectivity index (χ1v) is 9.29. The van der Waals surface area contributed by atoms with Crippen molar-refractivity contribution in [3.63, 3.8) is 0 Å². The maximum absolute atomic E-state index is 13.6. The number of thioether (sulfide) groups is 1. The lowest BCUT2D eigenvalue weighted by atomic mass is 10.2. The summed E-state index contributed by atoms with van der Waals surface area (Å²) < 4.78 is 14.1. The SMILES string of the molecule is CC(C)CNC(=O)NC(=O)CSc1nnc(Nc2ccccc2F)s1. The molecular weight excluding hydrogens is 365 g/mol. The van der Waals surface area contributed by atoms with Crippen LogP contribution in [0.25, 0.3) is 0 Å². The Kier molecular flexibility index (Phi) is 7.14. The van der Waals surface area contributed by atoms with Crippen molar-refractivity contribution in [3.05, 3.63) is 30.1 Å². The first-order chi connectivity index (χ1) is 11.9. The molecule has 0 saturated carbocycles. The molecule has 0 fully saturated rings. The van der Waals surface area contributed by atoms with Crippen molar-refractivity contribution < 1.29 is 14.0 Å². The van der Waals surface area contributed by atoms with Gasteiger partial charge in [-0.2, -0.15) is 0 Å². The normalized spacial score (nSPS) is 10.6. The average molecular weight is 383 g/mol. The van der Waals surface area contributed by atoms with Crippen molar-refractivity contribution in [2.45, 2.75) is 18.2 Å². The molecule has 1 aromatic heterocycles. The van der Waals surface area contributed by atoms with Crippen LogP contribution in [-0.4, -0.2) is 34.4 Å². The number of carbonyl (C=O) groups is 2. The molecule has 0 saturated heterocycles. The van der Waals surface area contributed by atoms with Crippen molar-refractivity contribution >= 4 is 45.9 Å². The highest BCUT2D eigenvalue weighted by Crippen LogP contribution is 2.28. The molecule has 7 nitrogen and oxygen atoms in total. The molecular formula is C15H18FN5O2S2. The molecule has 3 N–H and O–H groups in total. The van der Waals surface area contributed by atoms with E-state index >= 15 is 0 Å². The van der Waals surface area contributed by atoms with E-state index in [0.717, 1.165) is 11.8 Å². The molecule has 0 spiro atoms. The molecule has 0 radical (unpaired) electrons. The molecule has 1 heterocycles. The summed E-state index contributed by atoms with van der Waals surface area (Å²) in [7, 11) is 0. The Hall–Kier alpha value is -2.20. The number of rotatable bonds is 7. The second-order valence-electron chi connectivity index (χ2n) is 5.42. The summed E-state index contributed by atoms with van der Waals surface area (Å²) in [5, 5.41) is 15.9. The Bertz CT molecular complexity index is 738. The van der Waals surface area contributed by atoms with E-state index in [0.29, 0.717) is 27.6 Å². The number of benzene rings is 1. The number of imide groups is 1. The van der Waals surface area contributed by atoms with Gasteiger partial charge in [0.15, 0.2) is 4.34 Å². The number of hydrogen-bond acceptors (Lipinski definition) is 7. The van der Waals surface area contributed by atoms with Crippen LogP contribution in [0.15, 0.2) is 28.6 Å². The van der Waals surface area contributed by atoms with Gasteiger partial charge in [-0.05, 0) is 18.1 Å². The van der Waals surface area contributed by atoms with Crippen LogP contribution in [-0.2, 0) is 4.79 Å². The van der Waals surface area contributed by atoms with Gasteiger partial charge >= 0.3 is 6.03 Å². The second-order valence-corrected chi connectivity index (χ2v) is 7.62. The zero-order valence-electron chi connectivity index (χ0n) is 13.7. The van der Waals surface area contributed by atoms with E-state index < -0.39 is 17.8 Å². The Labute approximate surface area is 152 Å². The number of hydrogen-bond donors (Lipinski definition) is 3. The van der Waals surface area contributed by atoms with Crippen LogP contribution in [0.1, 0.15) is 13.8 Å². The van der Waals surface area contributed by atoms with E-state index in [1.54, 1.807) is 18.2 Å². The Morgan fingerprint density at radius 2 is 2.04 bits per heavy atom. The minimum Gasteiger partial charge on any atom is -0.338 e. The highest BCUT2D eigenvalue weighted by Gasteiger charge is 2.12. The zero-order chi connectivity index (χ0) is 18.2. The quantitative estimate of drug-likeness (QED) is 0.636. The molecule has 0 aliphatic rings. The molecule has 0 unspecified atom stereocenters. The number of anilines is 2. The largest absolute Gasteiger partial charge is 0.338 e. The minimum atomic E-state index is -0.515. The highest BCUT2D eigenvalue weighted by molar-refractivity contribution is 8.01. The van der Waals surface area contributed by atoms with Gasteiger partial charge in [-0.25, -0.2) is 9.18 Å². The van der Waals surface area contributed by atoms with Crippen molar-refractivity contribution in [3.8, 4) is 0 Å². The zero-order valence-corrected chi connectivity index (χ0v) is 15.3. The van der Waals surface area contributed by atoms with E-state index in [1.165, 1.54) is 17.4 Å². The first kappa shape index (κ1) is 19.1. The average Bonchev–Trinajstić information content (AvgIpc) is 3.01. The lowest BCUT2D eigenvalue weighted by Crippen LogP contribution is -2.41. The van der Waals surface area contributed by atoms with Crippen LogP contribution < -0.4 is 16.0 Å². The van der Waals surface area contributed by atoms with E-state index in [1.807, 2.05) is 13.8 Å². The number of carbonyl (C=O) groups excluding carboxylic acids is 2. The minimum absolute atomic E-state index is 0.0312. The smallest absolute Gasteiger partial charge is 0.321 e. The summed E-state index contributed by atoms with van der Waals surface area (Å²) in [5.41, 5.74) is 0.301. The highest BCUT2D eigenvalue weighted by atomic mass is 32.2. The predicted octanol–water partition coefficient (Wildman–Crippen LogP) is 2.99. The number of nitrogens with one attached hydrogen (secondary N) is 3. The molecule has 1 aromatic carbocycles. The van der Waals surface area contributed by atoms with Crippen LogP contribution in [0.3, 0.4) is 0 Å². The number of para-hydroxylation sites is 1. The van der Waals surface area contributed by atoms with E-state index in [-0.39, 0.29) is 5.75 Å². The lowest BCUT2D eigenvalue weighted by molar-refractivity contribution is -0.117. The van der Waals surface area contributed by atoms with Crippen molar-refractivity contribution in [1.29, 1.82) is 0 Å². The van der Waals surface area contributed by atoms with Gasteiger partial charge in [-0.15, -0.1) is 10.2 Å². The Morgan fingerprint density at radius 1 is 1.28 bits per heavy atom. The van der Waals surface area contributed by atoms with Crippen LogP contribution in [0, 0.1) is 11.7 Å². The standard InChI is InChI=1S/C15H18FN5O2S2/c1-9(2)7-17-13(23)19-12(22)8-24-15-21-20-14(25-15)18-11-6-4-3-5-10(11)16/h3-6,9H,7-8H2,1-2H3,(H,18,20)(H2,17,19,22,23). The van der Waals surface area contributed by atoms with Crippen molar-refractivity contribution in [2.75, 3.05) is 17.6 Å². The Morgan fingerprint density at radius 3 is 2.76 bits per heavy atom. The summed E-state index contributed by atoms with van der Waals surface area (Å²) in [6, 6.07) is 5.72. The summed E-state index contributed by atoms with van der Waals surface area (Å²) in [6.45, 7) is 4.41. The maximum Gasteiger partial charge on any atom is 0.321 e. The van der Waals surface area contributed by atoms with E-state index in [9.17, 15) is 14.0 Å². The molecule has 25 heavy (non-hydrogen) atoms. The van der Waals surface area contributed by atoms with Gasteiger partial charge in [-0.3, -0.25) is 10.1 Å². The third-order valence-corrected chi connectivity index (χ3v) is 4.74. The fraction of sp³-hybridized carbons (Fsp3) is 0.333. The molecule has 0 atom stereocenters. The fourth-order valence-corrected chi connectivity index (χ4v) is 3.19. The van der Waals surface area contributed by atoms with Crippen LogP contribution in [0.5, 0.6) is 0 Å². The number of nitrogens with zero attached hydrogens (tertiary/aromatic N) is 2. The summed E-state index contributed by atoms with van der Waals surface area (Å²) in [6.07, 6.45) is 0. The Balaban J connectivity index is 1.78. The van der Waals surface area contributed by atoms with Crippen LogP contribution >= 0.6 is 23.1 Å². The van der Waals surface area contributed by atoms with Gasteiger partial charge in [0, 0.05) is 6.54 Å². The van der Waals surface area contributed by atoms with Gasteiger partial charge in [0.05, 0.1) is 11.4 Å². The third-order valence-electron chi connectivity index (χ3n) is 2.77. The fourth-order valence-electron chi connectivity index (χ4n) is 1.63. The lowest BCUT2D eigenvalue weighted by Gasteiger charge is -2.07. The molecule has 3 amide bonds. The van der Waals surface area contributed by atoms with E-state index in [2.05, 4.69) is 26.1 Å². The van der Waals surface area contributed by atoms with Gasteiger partial charge < -0.3 is 10.6 Å². The van der Waals surface area contributed by atoms with Crippen molar-refractivity contribution in [2.24, 2.45) is 5.92 Å². The molecule has 0 aliphatic heterocycles. The molecule has 0 bridgehead atoms. The molecule has 2 rings (SSSR count). The molecule has 2 aromatic rings. The summed E-state index contributed by atoms with van der Waals surface area (Å²) >= 11 is 2.34. The monoisotopic (exact) mass is 383 g/mol. The maximum atomic E-state index is 13.6. The molecule has 134 valence electrons. The van der Waals surface area contributed by atoms with Crippen LogP contribution in [0.4, 0.5) is 20.0 Å². The third kappa shape index (κ3) is 6.67. The molecule has 0 aliphatic carbocycles. The number of aromatic nitrogens is 2. The molecule has 10 heteroatoms. The van der Waals surface area contributed by atoms with Gasteiger partial charge in [0.1, 0.15) is 5.82 Å². The summed E-state index contributed by atoms with van der Waals surface area (Å²) in [4.78, 5) is 23.2. The number of halogens is 1. The van der Waals surface area contributed by atoms with E-state index in [4.69, 9.17) is 0 Å². The van der Waals surface area contributed by atoms with Crippen molar-refractivity contribution in [1.82, 2.24) is 20.8 Å². The first-order valence-electron chi connectivity index (χ1n) is 7.49. The number of urea groups is 1. The topological polar surface area (TPSA) is 96.0 Å². The van der Waals surface area contributed by atoms with Gasteiger partial charge in [0.25, 0.3) is 0 Å². The van der Waals surface area contributed by atoms with Gasteiger partial charge in [-0.1, -0.05) is 49.1 Å². The second kappa shape index (κ2) is 9.33. The van der Waals surface area contributed by atoms with Crippen LogP contribution in [0.2, 0.25) is 0 Å². The summed E-state index contributed by atoms with van der Waals surface area (Å²) in [5.74, 6) is -0.482. The number of amides is 3. The van der Waals surface area contributed by atoms with Gasteiger partial charge in [0.2, 0.25) is 11.0 Å². The predicted molar refractivity (Wildman–Crippen MR) is 96.7 cm³/mol.